The molecule has 1 unspecified atom stereocenters. The van der Waals surface area contributed by atoms with Crippen LogP contribution in [0.25, 0.3) is 0 Å². The summed E-state index contributed by atoms with van der Waals surface area (Å²) in [5, 5.41) is 7.72. The monoisotopic (exact) mass is 222 g/mol. The lowest BCUT2D eigenvalue weighted by Crippen LogP contribution is -2.36. The highest BCUT2D eigenvalue weighted by Gasteiger charge is 2.13. The van der Waals surface area contributed by atoms with Gasteiger partial charge in [0.2, 0.25) is 0 Å². The second kappa shape index (κ2) is 5.46. The molecule has 1 aromatic rings. The molecule has 0 saturated carbocycles. The maximum absolute atomic E-state index is 4.20. The Bertz CT molecular complexity index is 321. The number of rotatable bonds is 3. The summed E-state index contributed by atoms with van der Waals surface area (Å²) in [5.41, 5.74) is 1.32. The fourth-order valence-electron chi connectivity index (χ4n) is 2.32. The quantitative estimate of drug-likeness (QED) is 0.815. The molecule has 1 atom stereocenters. The summed E-state index contributed by atoms with van der Waals surface area (Å²) in [4.78, 5) is 2.55. The minimum Gasteiger partial charge on any atom is -0.313 e. The summed E-state index contributed by atoms with van der Waals surface area (Å²) in [6.45, 7) is 6.95. The van der Waals surface area contributed by atoms with Gasteiger partial charge in [-0.2, -0.15) is 5.10 Å². The molecule has 0 bridgehead atoms. The van der Waals surface area contributed by atoms with Crippen LogP contribution < -0.4 is 5.32 Å². The van der Waals surface area contributed by atoms with Crippen LogP contribution in [0.5, 0.6) is 0 Å². The van der Waals surface area contributed by atoms with Crippen molar-refractivity contribution in [3.63, 3.8) is 0 Å². The highest BCUT2D eigenvalue weighted by molar-refractivity contribution is 5.00. The largest absolute Gasteiger partial charge is 0.313 e. The van der Waals surface area contributed by atoms with E-state index in [0.717, 1.165) is 26.1 Å². The first-order chi connectivity index (χ1) is 7.75. The second-order valence-electron chi connectivity index (χ2n) is 4.71. The van der Waals surface area contributed by atoms with Crippen LogP contribution in [0.3, 0.4) is 0 Å². The van der Waals surface area contributed by atoms with Gasteiger partial charge in [-0.25, -0.2) is 0 Å². The SMILES string of the molecule is CC1CN(CCc2ccnn2C)CCCN1. The first-order valence-corrected chi connectivity index (χ1v) is 6.18. The molecule has 0 aromatic carbocycles. The minimum absolute atomic E-state index is 0.619. The summed E-state index contributed by atoms with van der Waals surface area (Å²) < 4.78 is 1.97. The molecule has 2 heterocycles. The van der Waals surface area contributed by atoms with Crippen molar-refractivity contribution in [1.29, 1.82) is 0 Å². The van der Waals surface area contributed by atoms with Crippen LogP contribution >= 0.6 is 0 Å². The molecular weight excluding hydrogens is 200 g/mol. The molecule has 0 amide bonds. The molecule has 1 aromatic heterocycles. The molecule has 1 saturated heterocycles. The average molecular weight is 222 g/mol. The van der Waals surface area contributed by atoms with Crippen molar-refractivity contribution in [3.05, 3.63) is 18.0 Å². The van der Waals surface area contributed by atoms with Crippen molar-refractivity contribution in [3.8, 4) is 0 Å². The standard InChI is InChI=1S/C12H22N4/c1-11-10-16(8-3-6-13-11)9-5-12-4-7-14-15(12)2/h4,7,11,13H,3,5-6,8-10H2,1-2H3. The van der Waals surface area contributed by atoms with Crippen molar-refractivity contribution < 1.29 is 0 Å². The summed E-state index contributed by atoms with van der Waals surface area (Å²) in [6, 6.07) is 2.73. The number of hydrogen-bond donors (Lipinski definition) is 1. The van der Waals surface area contributed by atoms with E-state index in [-0.39, 0.29) is 0 Å². The lowest BCUT2D eigenvalue weighted by Gasteiger charge is -2.22. The van der Waals surface area contributed by atoms with Crippen LogP contribution in [0.4, 0.5) is 0 Å². The lowest BCUT2D eigenvalue weighted by atomic mass is 10.2. The number of hydrogen-bond acceptors (Lipinski definition) is 3. The van der Waals surface area contributed by atoms with Gasteiger partial charge in [-0.3, -0.25) is 4.68 Å². The van der Waals surface area contributed by atoms with Gasteiger partial charge in [0.15, 0.2) is 0 Å². The van der Waals surface area contributed by atoms with Crippen molar-refractivity contribution in [2.75, 3.05) is 26.2 Å². The van der Waals surface area contributed by atoms with Gasteiger partial charge in [-0.15, -0.1) is 0 Å². The number of nitrogens with zero attached hydrogens (tertiary/aromatic N) is 3. The van der Waals surface area contributed by atoms with E-state index in [4.69, 9.17) is 0 Å². The summed E-state index contributed by atoms with van der Waals surface area (Å²) in [7, 11) is 2.02. The van der Waals surface area contributed by atoms with Crippen molar-refractivity contribution in [1.82, 2.24) is 20.0 Å². The molecule has 1 fully saturated rings. The first-order valence-electron chi connectivity index (χ1n) is 6.18. The van der Waals surface area contributed by atoms with Gasteiger partial charge in [0, 0.05) is 44.5 Å². The zero-order valence-corrected chi connectivity index (χ0v) is 10.3. The molecule has 1 aliphatic rings. The Kier molecular flexibility index (Phi) is 3.96. The third kappa shape index (κ3) is 3.06. The molecule has 16 heavy (non-hydrogen) atoms. The van der Waals surface area contributed by atoms with Crippen LogP contribution in [0.1, 0.15) is 19.0 Å². The zero-order valence-electron chi connectivity index (χ0n) is 10.3. The molecule has 90 valence electrons. The Balaban J connectivity index is 1.82. The summed E-state index contributed by atoms with van der Waals surface area (Å²) in [6.07, 6.45) is 4.24. The molecule has 2 rings (SSSR count). The van der Waals surface area contributed by atoms with Crippen molar-refractivity contribution in [2.24, 2.45) is 7.05 Å². The fraction of sp³-hybridized carbons (Fsp3) is 0.750. The van der Waals surface area contributed by atoms with E-state index in [1.54, 1.807) is 0 Å². The average Bonchev–Trinajstić information content (AvgIpc) is 2.54. The van der Waals surface area contributed by atoms with Gasteiger partial charge in [-0.05, 0) is 32.5 Å². The van der Waals surface area contributed by atoms with Gasteiger partial charge in [0.1, 0.15) is 0 Å². The summed E-state index contributed by atoms with van der Waals surface area (Å²) in [5.74, 6) is 0. The van der Waals surface area contributed by atoms with E-state index < -0.39 is 0 Å². The maximum atomic E-state index is 4.20. The van der Waals surface area contributed by atoms with Crippen LogP contribution in [0.15, 0.2) is 12.3 Å². The van der Waals surface area contributed by atoms with Gasteiger partial charge >= 0.3 is 0 Å². The molecule has 0 radical (unpaired) electrons. The zero-order chi connectivity index (χ0) is 11.4. The Morgan fingerprint density at radius 2 is 2.44 bits per heavy atom. The van der Waals surface area contributed by atoms with Crippen LogP contribution in [-0.4, -0.2) is 46.9 Å². The van der Waals surface area contributed by atoms with Crippen LogP contribution in [0.2, 0.25) is 0 Å². The number of aryl methyl sites for hydroxylation is 1. The van der Waals surface area contributed by atoms with Crippen LogP contribution in [0, 0.1) is 0 Å². The van der Waals surface area contributed by atoms with Gasteiger partial charge < -0.3 is 10.2 Å². The highest BCUT2D eigenvalue weighted by Crippen LogP contribution is 2.04. The van der Waals surface area contributed by atoms with E-state index in [1.807, 2.05) is 17.9 Å². The maximum Gasteiger partial charge on any atom is 0.0492 e. The lowest BCUT2D eigenvalue weighted by molar-refractivity contribution is 0.274. The predicted molar refractivity (Wildman–Crippen MR) is 65.4 cm³/mol. The number of aromatic nitrogens is 2. The normalized spacial score (nSPS) is 23.2. The second-order valence-corrected chi connectivity index (χ2v) is 4.71. The summed E-state index contributed by atoms with van der Waals surface area (Å²) >= 11 is 0. The Morgan fingerprint density at radius 1 is 1.56 bits per heavy atom. The van der Waals surface area contributed by atoms with Gasteiger partial charge in [0.05, 0.1) is 0 Å². The van der Waals surface area contributed by atoms with Crippen LogP contribution in [-0.2, 0) is 13.5 Å². The molecule has 1 aliphatic heterocycles. The van der Waals surface area contributed by atoms with Crippen molar-refractivity contribution >= 4 is 0 Å². The van der Waals surface area contributed by atoms with E-state index in [9.17, 15) is 0 Å². The minimum atomic E-state index is 0.619. The third-order valence-electron chi connectivity index (χ3n) is 3.28. The topological polar surface area (TPSA) is 33.1 Å². The molecule has 0 spiro atoms. The van der Waals surface area contributed by atoms with Crippen molar-refractivity contribution in [2.45, 2.75) is 25.8 Å². The Morgan fingerprint density at radius 3 is 3.19 bits per heavy atom. The molecule has 4 nitrogen and oxygen atoms in total. The molecule has 0 aliphatic carbocycles. The Hall–Kier alpha value is -0.870. The van der Waals surface area contributed by atoms with E-state index >= 15 is 0 Å². The van der Waals surface area contributed by atoms with Gasteiger partial charge in [0.25, 0.3) is 0 Å². The third-order valence-corrected chi connectivity index (χ3v) is 3.28. The van der Waals surface area contributed by atoms with E-state index in [2.05, 4.69) is 28.3 Å². The molecular formula is C12H22N4. The van der Waals surface area contributed by atoms with E-state index in [1.165, 1.54) is 18.7 Å². The smallest absolute Gasteiger partial charge is 0.0492 e. The molecule has 4 heteroatoms. The predicted octanol–water partition coefficient (Wildman–Crippen LogP) is 0.646. The molecule has 1 N–H and O–H groups in total. The Labute approximate surface area is 97.6 Å². The van der Waals surface area contributed by atoms with E-state index in [0.29, 0.717) is 6.04 Å². The number of nitrogens with one attached hydrogen (secondary N) is 1. The van der Waals surface area contributed by atoms with Gasteiger partial charge in [-0.1, -0.05) is 0 Å². The highest BCUT2D eigenvalue weighted by atomic mass is 15.3. The fourth-order valence-corrected chi connectivity index (χ4v) is 2.32. The first kappa shape index (κ1) is 11.6.